The average Bonchev–Trinajstić information content (AvgIpc) is 2.96. The fourth-order valence-electron chi connectivity index (χ4n) is 2.95. The molecule has 3 aromatic rings. The molecule has 0 saturated carbocycles. The first kappa shape index (κ1) is 20.6. The fourth-order valence-corrected chi connectivity index (χ4v) is 7.44. The lowest BCUT2D eigenvalue weighted by molar-refractivity contribution is 0.180. The van der Waals surface area contributed by atoms with E-state index in [1.807, 2.05) is 62.4 Å². The third-order valence-electron chi connectivity index (χ3n) is 4.54. The van der Waals surface area contributed by atoms with Crippen molar-refractivity contribution in [1.82, 2.24) is 0 Å². The average molecular weight is 468 g/mol. The monoisotopic (exact) mass is 467 g/mol. The van der Waals surface area contributed by atoms with E-state index in [0.29, 0.717) is 18.5 Å². The minimum atomic E-state index is -3.92. The van der Waals surface area contributed by atoms with Gasteiger partial charge in [0, 0.05) is 25.1 Å². The molecule has 0 aliphatic carbocycles. The second kappa shape index (κ2) is 8.46. The van der Waals surface area contributed by atoms with E-state index in [1.165, 1.54) is 11.3 Å². The summed E-state index contributed by atoms with van der Waals surface area (Å²) in [4.78, 5) is 11.7. The number of anilines is 1. The zero-order valence-corrected chi connectivity index (χ0v) is 18.6. The lowest BCUT2D eigenvalue weighted by Crippen LogP contribution is -2.11. The van der Waals surface area contributed by atoms with E-state index >= 15 is 0 Å². The minimum Gasteiger partial charge on any atom is -0.399 e. The molecule has 0 spiro atoms. The van der Waals surface area contributed by atoms with Gasteiger partial charge in [-0.2, -0.15) is 0 Å². The summed E-state index contributed by atoms with van der Waals surface area (Å²) in [6.45, 7) is 3.76. The highest BCUT2D eigenvalue weighted by atomic mass is 79.9. The number of hydrogen-bond donors (Lipinski definition) is 2. The van der Waals surface area contributed by atoms with Crippen molar-refractivity contribution in [2.75, 3.05) is 5.73 Å². The van der Waals surface area contributed by atoms with Crippen LogP contribution in [0.2, 0.25) is 0 Å². The van der Waals surface area contributed by atoms with Crippen LogP contribution in [-0.2, 0) is 15.5 Å². The van der Waals surface area contributed by atoms with Gasteiger partial charge in [-0.05, 0) is 59.5 Å². The minimum absolute atomic E-state index is 0.294. The van der Waals surface area contributed by atoms with Crippen LogP contribution in [0.3, 0.4) is 0 Å². The molecular formula is C20H23BrNO3PS. The number of nitrogens with two attached hydrogens (primary N) is 1. The smallest absolute Gasteiger partial charge is 0.336 e. The van der Waals surface area contributed by atoms with Crippen molar-refractivity contribution in [2.24, 2.45) is 0 Å². The Hall–Kier alpha value is -1.17. The van der Waals surface area contributed by atoms with Crippen LogP contribution in [0, 0.1) is 0 Å². The molecular weight excluding hydrogens is 445 g/mol. The van der Waals surface area contributed by atoms with Crippen LogP contribution in [0.5, 0.6) is 0 Å². The molecule has 3 rings (SSSR count). The Morgan fingerprint density at radius 3 is 2.67 bits per heavy atom. The molecule has 1 heterocycles. The first-order valence-corrected chi connectivity index (χ1v) is 12.1. The van der Waals surface area contributed by atoms with Crippen LogP contribution in [0.1, 0.15) is 36.4 Å². The molecule has 0 fully saturated rings. The summed E-state index contributed by atoms with van der Waals surface area (Å²) in [6.07, 6.45) is 0.751. The molecule has 3 unspecified atom stereocenters. The lowest BCUT2D eigenvalue weighted by atomic mass is 10.1. The first-order valence-electron chi connectivity index (χ1n) is 8.84. The van der Waals surface area contributed by atoms with Crippen LogP contribution in [0.15, 0.2) is 53.0 Å². The zero-order valence-electron chi connectivity index (χ0n) is 15.3. The number of nitrogen functional groups attached to an aromatic ring is 1. The maximum absolute atomic E-state index is 13.3. The van der Waals surface area contributed by atoms with Gasteiger partial charge in [0.05, 0.1) is 6.10 Å². The van der Waals surface area contributed by atoms with Gasteiger partial charge in [-0.1, -0.05) is 37.3 Å². The highest BCUT2D eigenvalue weighted by Gasteiger charge is 2.38. The highest BCUT2D eigenvalue weighted by Crippen LogP contribution is 2.62. The Morgan fingerprint density at radius 2 is 2.00 bits per heavy atom. The normalized spacial score (nSPS) is 16.1. The second-order valence-corrected chi connectivity index (χ2v) is 10.5. The number of hydrogen-bond acceptors (Lipinski definition) is 4. The summed E-state index contributed by atoms with van der Waals surface area (Å²) >= 11 is 5.18. The maximum atomic E-state index is 13.3. The highest BCUT2D eigenvalue weighted by molar-refractivity contribution is 9.10. The molecule has 3 N–H and O–H groups in total. The topological polar surface area (TPSA) is 72.5 Å². The van der Waals surface area contributed by atoms with Crippen molar-refractivity contribution in [3.63, 3.8) is 0 Å². The van der Waals surface area contributed by atoms with Crippen LogP contribution in [0.25, 0.3) is 10.1 Å². The molecule has 27 heavy (non-hydrogen) atoms. The first-order chi connectivity index (χ1) is 12.8. The molecule has 3 atom stereocenters. The molecule has 2 aromatic carbocycles. The molecule has 4 nitrogen and oxygen atoms in total. The number of fused-ring (bicyclic) bond motifs is 1. The number of thiophene rings is 1. The van der Waals surface area contributed by atoms with E-state index in [2.05, 4.69) is 15.9 Å². The quantitative estimate of drug-likeness (QED) is 0.306. The standard InChI is InChI=1S/C20H23BrNO3PS/c1-3-13(2)25-26(23,24)17(12-14-7-6-8-15(22)11-14)20-19(21)16-9-4-5-10-18(16)27-20/h4-11,13,17H,3,12,22H2,1-2H3,(H,23,24). The van der Waals surface area contributed by atoms with Gasteiger partial charge in [0.15, 0.2) is 0 Å². The molecule has 0 aliphatic heterocycles. The Bertz CT molecular complexity index is 990. The van der Waals surface area contributed by atoms with Gasteiger partial charge in [-0.25, -0.2) is 0 Å². The molecule has 7 heteroatoms. The molecule has 0 saturated heterocycles. The molecule has 0 bridgehead atoms. The van der Waals surface area contributed by atoms with E-state index in [1.54, 1.807) is 0 Å². The van der Waals surface area contributed by atoms with Gasteiger partial charge in [0.25, 0.3) is 0 Å². The summed E-state index contributed by atoms with van der Waals surface area (Å²) in [7, 11) is -3.92. The third kappa shape index (κ3) is 4.64. The predicted molar refractivity (Wildman–Crippen MR) is 117 cm³/mol. The van der Waals surface area contributed by atoms with Gasteiger partial charge in [0.2, 0.25) is 0 Å². The SMILES string of the molecule is CCC(C)OP(=O)(O)C(Cc1cccc(N)c1)c1sc2ccccc2c1Br. The molecule has 144 valence electrons. The van der Waals surface area contributed by atoms with Crippen molar-refractivity contribution in [1.29, 1.82) is 0 Å². The van der Waals surface area contributed by atoms with Crippen molar-refractivity contribution in [2.45, 2.75) is 38.5 Å². The maximum Gasteiger partial charge on any atom is 0.336 e. The Kier molecular flexibility index (Phi) is 6.44. The van der Waals surface area contributed by atoms with Gasteiger partial charge >= 0.3 is 7.60 Å². The van der Waals surface area contributed by atoms with Gasteiger partial charge < -0.3 is 15.2 Å². The van der Waals surface area contributed by atoms with Gasteiger partial charge in [0.1, 0.15) is 5.66 Å². The van der Waals surface area contributed by atoms with E-state index in [0.717, 1.165) is 25.0 Å². The summed E-state index contributed by atoms with van der Waals surface area (Å²) in [5.41, 5.74) is 6.78. The summed E-state index contributed by atoms with van der Waals surface area (Å²) in [5.74, 6) is 0. The lowest BCUT2D eigenvalue weighted by Gasteiger charge is -2.25. The fraction of sp³-hybridized carbons (Fsp3) is 0.300. The Balaban J connectivity index is 2.08. The summed E-state index contributed by atoms with van der Waals surface area (Å²) in [6, 6.07) is 15.4. The van der Waals surface area contributed by atoms with E-state index in [4.69, 9.17) is 10.3 Å². The predicted octanol–water partition coefficient (Wildman–Crippen LogP) is 6.53. The van der Waals surface area contributed by atoms with Gasteiger partial charge in [-0.3, -0.25) is 4.57 Å². The van der Waals surface area contributed by atoms with E-state index in [9.17, 15) is 9.46 Å². The van der Waals surface area contributed by atoms with E-state index in [-0.39, 0.29) is 6.10 Å². The van der Waals surface area contributed by atoms with Crippen molar-refractivity contribution < 1.29 is 14.0 Å². The van der Waals surface area contributed by atoms with Gasteiger partial charge in [-0.15, -0.1) is 11.3 Å². The number of halogens is 1. The Morgan fingerprint density at radius 1 is 1.26 bits per heavy atom. The molecule has 0 aliphatic rings. The second-order valence-electron chi connectivity index (χ2n) is 6.63. The van der Waals surface area contributed by atoms with Crippen LogP contribution in [-0.4, -0.2) is 11.0 Å². The molecule has 0 radical (unpaired) electrons. The van der Waals surface area contributed by atoms with E-state index < -0.39 is 13.3 Å². The largest absolute Gasteiger partial charge is 0.399 e. The van der Waals surface area contributed by atoms with Crippen LogP contribution < -0.4 is 5.73 Å². The molecule has 1 aromatic heterocycles. The van der Waals surface area contributed by atoms with Crippen molar-refractivity contribution in [3.05, 3.63) is 63.4 Å². The summed E-state index contributed by atoms with van der Waals surface area (Å²) in [5, 5.41) is 1.04. The van der Waals surface area contributed by atoms with Crippen LogP contribution >= 0.6 is 34.9 Å². The number of rotatable bonds is 7. The van der Waals surface area contributed by atoms with Crippen LogP contribution in [0.4, 0.5) is 5.69 Å². The third-order valence-corrected chi connectivity index (χ3v) is 9.01. The summed E-state index contributed by atoms with van der Waals surface area (Å²) < 4.78 is 20.8. The zero-order chi connectivity index (χ0) is 19.6. The van der Waals surface area contributed by atoms with Crippen molar-refractivity contribution >= 4 is 50.6 Å². The van der Waals surface area contributed by atoms with Crippen molar-refractivity contribution in [3.8, 4) is 0 Å². The number of benzene rings is 2. The Labute approximate surface area is 172 Å². The molecule has 0 amide bonds.